The molecule has 1 N–H and O–H groups in total. The summed E-state index contributed by atoms with van der Waals surface area (Å²) < 4.78 is 10.2. The number of hydrogen-bond donors (Lipinski definition) is 1. The maximum atomic E-state index is 11.6. The van der Waals surface area contributed by atoms with Crippen LogP contribution in [-0.4, -0.2) is 29.1 Å². The van der Waals surface area contributed by atoms with E-state index in [-0.39, 0.29) is 28.6 Å². The Morgan fingerprint density at radius 1 is 1.29 bits per heavy atom. The van der Waals surface area contributed by atoms with E-state index in [4.69, 9.17) is 4.42 Å². The first-order chi connectivity index (χ1) is 11.5. The van der Waals surface area contributed by atoms with Gasteiger partial charge in [-0.3, -0.25) is 9.59 Å². The highest BCUT2D eigenvalue weighted by atomic mass is 32.2. The van der Waals surface area contributed by atoms with Crippen LogP contribution in [0.25, 0.3) is 17.4 Å². The van der Waals surface area contributed by atoms with E-state index in [9.17, 15) is 19.5 Å². The molecule has 3 rings (SSSR count). The Labute approximate surface area is 141 Å². The van der Waals surface area contributed by atoms with Gasteiger partial charge in [-0.25, -0.2) is 4.79 Å². The topological polar surface area (TPSA) is 93.8 Å². The summed E-state index contributed by atoms with van der Waals surface area (Å²) in [4.78, 5) is 34.8. The molecule has 0 aliphatic carbocycles. The lowest BCUT2D eigenvalue weighted by Gasteiger charge is -2.04. The quantitative estimate of drug-likeness (QED) is 0.519. The lowest BCUT2D eigenvalue weighted by atomic mass is 10.1. The zero-order chi connectivity index (χ0) is 17.3. The summed E-state index contributed by atoms with van der Waals surface area (Å²) in [6.45, 7) is 0. The number of ketones is 1. The smallest absolute Gasteiger partial charge is 0.341 e. The van der Waals surface area contributed by atoms with Crippen LogP contribution >= 0.6 is 11.8 Å². The van der Waals surface area contributed by atoms with Gasteiger partial charge in [0, 0.05) is 5.56 Å². The molecule has 2 heterocycles. The van der Waals surface area contributed by atoms with E-state index in [0.29, 0.717) is 22.0 Å². The van der Waals surface area contributed by atoms with E-state index >= 15 is 0 Å². The number of thioether (sulfide) groups is 1. The van der Waals surface area contributed by atoms with Gasteiger partial charge >= 0.3 is 5.97 Å². The largest absolute Gasteiger partial charge is 0.507 e. The zero-order valence-corrected chi connectivity index (χ0v) is 13.4. The molecule has 6 nitrogen and oxygen atoms in total. The number of hydrogen-bond acceptors (Lipinski definition) is 7. The van der Waals surface area contributed by atoms with Crippen LogP contribution in [0.4, 0.5) is 0 Å². The van der Waals surface area contributed by atoms with Gasteiger partial charge < -0.3 is 14.3 Å². The van der Waals surface area contributed by atoms with Crippen molar-refractivity contribution in [1.82, 2.24) is 0 Å². The van der Waals surface area contributed by atoms with E-state index in [2.05, 4.69) is 4.74 Å². The molecule has 1 saturated heterocycles. The summed E-state index contributed by atoms with van der Waals surface area (Å²) in [6.07, 6.45) is 1.42. The summed E-state index contributed by atoms with van der Waals surface area (Å²) >= 11 is 0.903. The minimum absolute atomic E-state index is 0.0263. The average molecular weight is 344 g/mol. The van der Waals surface area contributed by atoms with Crippen LogP contribution in [-0.2, 0) is 14.3 Å². The van der Waals surface area contributed by atoms with Crippen LogP contribution in [0, 0.1) is 0 Å². The van der Waals surface area contributed by atoms with Gasteiger partial charge in [-0.1, -0.05) is 0 Å². The number of phenols is 1. The standard InChI is InChI=1S/C17H12O6S/c1-22-17(21)11-6-9(2-4-12(11)18)14-5-3-10(23-14)7-15-13(19)8-16(20)24-15/h2-7,18H,8H2,1H3/b15-7-. The first kappa shape index (κ1) is 16.1. The molecule has 1 fully saturated rings. The van der Waals surface area contributed by atoms with Gasteiger partial charge in [-0.05, 0) is 48.2 Å². The SMILES string of the molecule is COC(=O)c1cc(-c2ccc(/C=C3\SC(=O)CC3=O)o2)ccc1O. The Bertz CT molecular complexity index is 877. The fourth-order valence-electron chi connectivity index (χ4n) is 2.22. The Morgan fingerprint density at radius 2 is 2.08 bits per heavy atom. The van der Waals surface area contributed by atoms with Crippen LogP contribution < -0.4 is 0 Å². The highest BCUT2D eigenvalue weighted by molar-refractivity contribution is 8.18. The zero-order valence-electron chi connectivity index (χ0n) is 12.6. The number of carbonyl (C=O) groups is 3. The Kier molecular flexibility index (Phi) is 4.26. The molecule has 1 aromatic heterocycles. The Balaban J connectivity index is 1.91. The molecule has 0 unspecified atom stereocenters. The normalized spacial score (nSPS) is 16.0. The van der Waals surface area contributed by atoms with Gasteiger partial charge in [0.2, 0.25) is 5.12 Å². The molecule has 0 saturated carbocycles. The summed E-state index contributed by atoms with van der Waals surface area (Å²) in [7, 11) is 1.23. The van der Waals surface area contributed by atoms with Crippen molar-refractivity contribution in [1.29, 1.82) is 0 Å². The summed E-state index contributed by atoms with van der Waals surface area (Å²) in [5, 5.41) is 9.54. The van der Waals surface area contributed by atoms with Crippen LogP contribution in [0.15, 0.2) is 39.7 Å². The van der Waals surface area contributed by atoms with Crippen LogP contribution in [0.3, 0.4) is 0 Å². The number of phenolic OH excluding ortho intramolecular Hbond substituents is 1. The van der Waals surface area contributed by atoms with E-state index in [1.165, 1.54) is 25.3 Å². The number of esters is 1. The molecule has 0 bridgehead atoms. The third-order valence-corrected chi connectivity index (χ3v) is 4.33. The molecule has 2 aromatic rings. The number of furan rings is 1. The third kappa shape index (κ3) is 3.11. The van der Waals surface area contributed by atoms with E-state index in [1.54, 1.807) is 18.2 Å². The first-order valence-electron chi connectivity index (χ1n) is 6.95. The Morgan fingerprint density at radius 3 is 2.75 bits per heavy atom. The minimum Gasteiger partial charge on any atom is -0.507 e. The van der Waals surface area contributed by atoms with Crippen LogP contribution in [0.5, 0.6) is 5.75 Å². The molecule has 1 aliphatic heterocycles. The first-order valence-corrected chi connectivity index (χ1v) is 7.76. The number of methoxy groups -OCH3 is 1. The van der Waals surface area contributed by atoms with Crippen molar-refractivity contribution in [2.45, 2.75) is 6.42 Å². The highest BCUT2D eigenvalue weighted by Gasteiger charge is 2.26. The lowest BCUT2D eigenvalue weighted by molar-refractivity contribution is -0.119. The molecule has 1 aromatic carbocycles. The van der Waals surface area contributed by atoms with Crippen molar-refractivity contribution in [3.63, 3.8) is 0 Å². The average Bonchev–Trinajstić information content (AvgIpc) is 3.14. The molecule has 24 heavy (non-hydrogen) atoms. The second-order valence-electron chi connectivity index (χ2n) is 5.01. The van der Waals surface area contributed by atoms with Gasteiger partial charge in [0.05, 0.1) is 18.4 Å². The van der Waals surface area contributed by atoms with E-state index < -0.39 is 5.97 Å². The molecule has 0 amide bonds. The van der Waals surface area contributed by atoms with Crippen molar-refractivity contribution in [2.75, 3.05) is 7.11 Å². The number of aromatic hydroxyl groups is 1. The lowest BCUT2D eigenvalue weighted by Crippen LogP contribution is -2.01. The van der Waals surface area contributed by atoms with E-state index in [1.807, 2.05) is 0 Å². The van der Waals surface area contributed by atoms with Gasteiger partial charge in [-0.2, -0.15) is 0 Å². The van der Waals surface area contributed by atoms with Crippen molar-refractivity contribution in [2.24, 2.45) is 0 Å². The second-order valence-corrected chi connectivity index (χ2v) is 6.11. The molecule has 7 heteroatoms. The minimum atomic E-state index is -0.658. The van der Waals surface area contributed by atoms with Crippen molar-refractivity contribution < 1.29 is 28.6 Å². The number of carbonyl (C=O) groups excluding carboxylic acids is 3. The summed E-state index contributed by atoms with van der Waals surface area (Å²) in [6, 6.07) is 7.75. The number of rotatable bonds is 3. The second kappa shape index (κ2) is 6.37. The van der Waals surface area contributed by atoms with Gasteiger partial charge in [0.25, 0.3) is 0 Å². The summed E-state index contributed by atoms with van der Waals surface area (Å²) in [5.41, 5.74) is 0.595. The number of allylic oxidation sites excluding steroid dienone is 1. The maximum Gasteiger partial charge on any atom is 0.341 e. The molecule has 0 radical (unpaired) electrons. The molecular formula is C17H12O6S. The van der Waals surface area contributed by atoms with Crippen molar-refractivity contribution in [3.05, 3.63) is 46.6 Å². The molecule has 1 aliphatic rings. The monoisotopic (exact) mass is 344 g/mol. The predicted octanol–water partition coefficient (Wildman–Crippen LogP) is 3.01. The van der Waals surface area contributed by atoms with Crippen LogP contribution in [0.1, 0.15) is 22.5 Å². The molecule has 0 atom stereocenters. The maximum absolute atomic E-state index is 11.6. The molecular weight excluding hydrogens is 332 g/mol. The van der Waals surface area contributed by atoms with Crippen molar-refractivity contribution >= 4 is 34.7 Å². The number of benzene rings is 1. The predicted molar refractivity (Wildman–Crippen MR) is 87.3 cm³/mol. The Hall–Kier alpha value is -2.80. The number of Topliss-reactive ketones (excluding diaryl/α,β-unsaturated/α-hetero) is 1. The van der Waals surface area contributed by atoms with Gasteiger partial charge in [0.15, 0.2) is 5.78 Å². The van der Waals surface area contributed by atoms with Gasteiger partial charge in [-0.15, -0.1) is 0 Å². The van der Waals surface area contributed by atoms with Crippen LogP contribution in [0.2, 0.25) is 0 Å². The van der Waals surface area contributed by atoms with Crippen molar-refractivity contribution in [3.8, 4) is 17.1 Å². The summed E-state index contributed by atoms with van der Waals surface area (Å²) in [5.74, 6) is -0.196. The fraction of sp³-hybridized carbons (Fsp3) is 0.118. The van der Waals surface area contributed by atoms with E-state index in [0.717, 1.165) is 11.8 Å². The van der Waals surface area contributed by atoms with Gasteiger partial charge in [0.1, 0.15) is 22.8 Å². The molecule has 122 valence electrons. The molecule has 0 spiro atoms. The third-order valence-electron chi connectivity index (χ3n) is 3.39. The number of ether oxygens (including phenoxy) is 1. The highest BCUT2D eigenvalue weighted by Crippen LogP contribution is 2.33. The fourth-order valence-corrected chi connectivity index (χ4v) is 3.03.